The van der Waals surface area contributed by atoms with Gasteiger partial charge in [-0.05, 0) is 37.0 Å². The molecule has 0 aliphatic carbocycles. The second kappa shape index (κ2) is 3.38. The van der Waals surface area contributed by atoms with Crippen molar-refractivity contribution < 1.29 is 5.11 Å². The first-order valence-corrected chi connectivity index (χ1v) is 4.76. The van der Waals surface area contributed by atoms with Crippen molar-refractivity contribution >= 4 is 5.69 Å². The van der Waals surface area contributed by atoms with Crippen molar-refractivity contribution in [1.29, 1.82) is 0 Å². The molecule has 1 aromatic carbocycles. The molecule has 1 aromatic rings. The van der Waals surface area contributed by atoms with Crippen molar-refractivity contribution in [3.63, 3.8) is 0 Å². The zero-order valence-corrected chi connectivity index (χ0v) is 7.88. The SMILES string of the molecule is Cc1ccc2c(c1)NC(CO)CC2. The average molecular weight is 177 g/mol. The van der Waals surface area contributed by atoms with Crippen molar-refractivity contribution in [2.45, 2.75) is 25.8 Å². The maximum atomic E-state index is 9.02. The van der Waals surface area contributed by atoms with E-state index in [1.807, 2.05) is 0 Å². The van der Waals surface area contributed by atoms with Crippen molar-refractivity contribution in [2.75, 3.05) is 11.9 Å². The highest BCUT2D eigenvalue weighted by Gasteiger charge is 2.15. The standard InChI is InChI=1S/C11H15NO/c1-8-2-3-9-4-5-10(7-13)12-11(9)6-8/h2-3,6,10,12-13H,4-5,7H2,1H3. The van der Waals surface area contributed by atoms with E-state index in [2.05, 4.69) is 30.4 Å². The average Bonchev–Trinajstić information content (AvgIpc) is 2.16. The van der Waals surface area contributed by atoms with Gasteiger partial charge in [0.15, 0.2) is 0 Å². The van der Waals surface area contributed by atoms with Gasteiger partial charge in [0.05, 0.1) is 6.61 Å². The highest BCUT2D eigenvalue weighted by Crippen LogP contribution is 2.25. The maximum Gasteiger partial charge on any atom is 0.0632 e. The molecule has 0 fully saturated rings. The molecule has 0 amide bonds. The Balaban J connectivity index is 2.27. The highest BCUT2D eigenvalue weighted by atomic mass is 16.3. The third-order valence-corrected chi connectivity index (χ3v) is 2.61. The number of aliphatic hydroxyl groups excluding tert-OH is 1. The molecule has 0 saturated heterocycles. The first kappa shape index (κ1) is 8.57. The minimum atomic E-state index is 0.230. The molecule has 1 heterocycles. The van der Waals surface area contributed by atoms with E-state index in [0.717, 1.165) is 12.8 Å². The third kappa shape index (κ3) is 1.68. The van der Waals surface area contributed by atoms with E-state index in [1.165, 1.54) is 16.8 Å². The fourth-order valence-electron chi connectivity index (χ4n) is 1.80. The van der Waals surface area contributed by atoms with Crippen LogP contribution < -0.4 is 5.32 Å². The van der Waals surface area contributed by atoms with Crippen LogP contribution in [0.3, 0.4) is 0 Å². The van der Waals surface area contributed by atoms with Gasteiger partial charge in [-0.3, -0.25) is 0 Å². The molecule has 1 aliphatic rings. The number of anilines is 1. The number of nitrogens with one attached hydrogen (secondary N) is 1. The quantitative estimate of drug-likeness (QED) is 0.684. The molecule has 0 spiro atoms. The maximum absolute atomic E-state index is 9.02. The van der Waals surface area contributed by atoms with Crippen LogP contribution >= 0.6 is 0 Å². The van der Waals surface area contributed by atoms with Crippen molar-refractivity contribution in [3.05, 3.63) is 29.3 Å². The normalized spacial score (nSPS) is 20.6. The lowest BCUT2D eigenvalue weighted by molar-refractivity contribution is 0.267. The number of hydrogen-bond acceptors (Lipinski definition) is 2. The molecule has 0 saturated carbocycles. The molecule has 2 rings (SSSR count). The number of aliphatic hydroxyl groups is 1. The summed E-state index contributed by atoms with van der Waals surface area (Å²) in [5.41, 5.74) is 3.84. The van der Waals surface area contributed by atoms with Crippen LogP contribution in [0.5, 0.6) is 0 Å². The molecule has 2 heteroatoms. The lowest BCUT2D eigenvalue weighted by Crippen LogP contribution is -2.28. The van der Waals surface area contributed by atoms with Crippen LogP contribution in [0.25, 0.3) is 0 Å². The van der Waals surface area contributed by atoms with Crippen LogP contribution in [0.2, 0.25) is 0 Å². The lowest BCUT2D eigenvalue weighted by atomic mass is 9.97. The summed E-state index contributed by atoms with van der Waals surface area (Å²) in [4.78, 5) is 0. The Morgan fingerprint density at radius 1 is 1.54 bits per heavy atom. The summed E-state index contributed by atoms with van der Waals surface area (Å²) in [5.74, 6) is 0. The molecule has 13 heavy (non-hydrogen) atoms. The Morgan fingerprint density at radius 2 is 2.38 bits per heavy atom. The van der Waals surface area contributed by atoms with Gasteiger partial charge in [-0.25, -0.2) is 0 Å². The van der Waals surface area contributed by atoms with Crippen molar-refractivity contribution in [1.82, 2.24) is 0 Å². The first-order valence-electron chi connectivity index (χ1n) is 4.76. The minimum Gasteiger partial charge on any atom is -0.394 e. The second-order valence-corrected chi connectivity index (χ2v) is 3.72. The van der Waals surface area contributed by atoms with E-state index < -0.39 is 0 Å². The van der Waals surface area contributed by atoms with Crippen LogP contribution in [0.4, 0.5) is 5.69 Å². The summed E-state index contributed by atoms with van der Waals surface area (Å²) in [5, 5.41) is 12.4. The Hall–Kier alpha value is -1.02. The van der Waals surface area contributed by atoms with Crippen molar-refractivity contribution in [3.8, 4) is 0 Å². The van der Waals surface area contributed by atoms with Gasteiger partial charge in [-0.15, -0.1) is 0 Å². The molecule has 0 radical (unpaired) electrons. The van der Waals surface area contributed by atoms with Crippen LogP contribution in [0.15, 0.2) is 18.2 Å². The van der Waals surface area contributed by atoms with Crippen molar-refractivity contribution in [2.24, 2.45) is 0 Å². The van der Waals surface area contributed by atoms with Gasteiger partial charge >= 0.3 is 0 Å². The van der Waals surface area contributed by atoms with E-state index in [1.54, 1.807) is 0 Å². The molecule has 2 N–H and O–H groups in total. The summed E-state index contributed by atoms with van der Waals surface area (Å²) in [7, 11) is 0. The van der Waals surface area contributed by atoms with Gasteiger partial charge < -0.3 is 10.4 Å². The topological polar surface area (TPSA) is 32.3 Å². The van der Waals surface area contributed by atoms with Gasteiger partial charge in [0, 0.05) is 11.7 Å². The van der Waals surface area contributed by atoms with Crippen LogP contribution in [0.1, 0.15) is 17.5 Å². The fraction of sp³-hybridized carbons (Fsp3) is 0.455. The molecule has 1 atom stereocenters. The molecular formula is C11H15NO. The van der Waals surface area contributed by atoms with E-state index in [0.29, 0.717) is 0 Å². The third-order valence-electron chi connectivity index (χ3n) is 2.61. The first-order chi connectivity index (χ1) is 6.29. The molecule has 1 aliphatic heterocycles. The van der Waals surface area contributed by atoms with Gasteiger partial charge in [-0.2, -0.15) is 0 Å². The monoisotopic (exact) mass is 177 g/mol. The summed E-state index contributed by atoms with van der Waals surface area (Å²) in [6.07, 6.45) is 2.11. The van der Waals surface area contributed by atoms with E-state index >= 15 is 0 Å². The van der Waals surface area contributed by atoms with E-state index in [9.17, 15) is 0 Å². The van der Waals surface area contributed by atoms with E-state index in [4.69, 9.17) is 5.11 Å². The predicted octanol–water partition coefficient (Wildman–Crippen LogP) is 1.71. The minimum absolute atomic E-state index is 0.230. The Morgan fingerprint density at radius 3 is 3.15 bits per heavy atom. The number of aryl methyl sites for hydroxylation is 2. The van der Waals surface area contributed by atoms with Crippen LogP contribution in [0, 0.1) is 6.92 Å². The summed E-state index contributed by atoms with van der Waals surface area (Å²) < 4.78 is 0. The second-order valence-electron chi connectivity index (χ2n) is 3.72. The van der Waals surface area contributed by atoms with Crippen LogP contribution in [-0.2, 0) is 6.42 Å². The van der Waals surface area contributed by atoms with Crippen LogP contribution in [-0.4, -0.2) is 17.8 Å². The van der Waals surface area contributed by atoms with Gasteiger partial charge in [0.2, 0.25) is 0 Å². The summed E-state index contributed by atoms with van der Waals surface area (Å²) >= 11 is 0. The Bertz CT molecular complexity index is 309. The fourth-order valence-corrected chi connectivity index (χ4v) is 1.80. The number of fused-ring (bicyclic) bond motifs is 1. The molecular weight excluding hydrogens is 162 g/mol. The molecule has 1 unspecified atom stereocenters. The molecule has 0 bridgehead atoms. The number of benzene rings is 1. The highest BCUT2D eigenvalue weighted by molar-refractivity contribution is 5.55. The number of rotatable bonds is 1. The zero-order valence-electron chi connectivity index (χ0n) is 7.88. The van der Waals surface area contributed by atoms with Gasteiger partial charge in [0.1, 0.15) is 0 Å². The predicted molar refractivity (Wildman–Crippen MR) is 54.0 cm³/mol. The number of hydrogen-bond donors (Lipinski definition) is 2. The Kier molecular flexibility index (Phi) is 2.23. The smallest absolute Gasteiger partial charge is 0.0632 e. The lowest BCUT2D eigenvalue weighted by Gasteiger charge is -2.25. The largest absolute Gasteiger partial charge is 0.394 e. The van der Waals surface area contributed by atoms with E-state index in [-0.39, 0.29) is 12.6 Å². The zero-order chi connectivity index (χ0) is 9.26. The summed E-state index contributed by atoms with van der Waals surface area (Å²) in [6.45, 7) is 2.32. The Labute approximate surface area is 78.6 Å². The molecule has 2 nitrogen and oxygen atoms in total. The molecule has 0 aromatic heterocycles. The van der Waals surface area contributed by atoms with Gasteiger partial charge in [-0.1, -0.05) is 12.1 Å². The molecule has 70 valence electrons. The van der Waals surface area contributed by atoms with Gasteiger partial charge in [0.25, 0.3) is 0 Å². The summed E-state index contributed by atoms with van der Waals surface area (Å²) in [6, 6.07) is 6.71.